The molecular formula is C14H14ClNO3S2. The second kappa shape index (κ2) is 6.68. The molecule has 0 radical (unpaired) electrons. The van der Waals surface area contributed by atoms with Crippen LogP contribution in [0.3, 0.4) is 0 Å². The van der Waals surface area contributed by atoms with Gasteiger partial charge in [0.05, 0.1) is 5.75 Å². The average Bonchev–Trinajstić information content (AvgIpc) is 2.88. The number of sulfone groups is 1. The van der Waals surface area contributed by atoms with Gasteiger partial charge in [-0.25, -0.2) is 13.4 Å². The molecule has 0 fully saturated rings. The first-order chi connectivity index (χ1) is 9.95. The van der Waals surface area contributed by atoms with Crippen molar-refractivity contribution in [2.24, 2.45) is 0 Å². The van der Waals surface area contributed by atoms with Gasteiger partial charge in [0, 0.05) is 5.56 Å². The number of thiazole rings is 1. The Morgan fingerprint density at radius 2 is 1.95 bits per heavy atom. The number of ketones is 1. The van der Waals surface area contributed by atoms with Crippen LogP contribution in [0, 0.1) is 0 Å². The normalized spacial score (nSPS) is 11.5. The first-order valence-corrected chi connectivity index (χ1v) is 9.29. The summed E-state index contributed by atoms with van der Waals surface area (Å²) in [5.41, 5.74) is 0.459. The van der Waals surface area contributed by atoms with Crippen molar-refractivity contribution < 1.29 is 13.2 Å². The quantitative estimate of drug-likeness (QED) is 0.752. The third kappa shape index (κ3) is 3.70. The maximum Gasteiger partial charge on any atom is 0.211 e. The van der Waals surface area contributed by atoms with E-state index in [1.807, 2.05) is 6.92 Å². The topological polar surface area (TPSA) is 64.1 Å². The van der Waals surface area contributed by atoms with Gasteiger partial charge in [0.15, 0.2) is 5.15 Å². The number of unbranched alkanes of at least 4 members (excludes halogenated alkanes) is 1. The maximum absolute atomic E-state index is 12.3. The molecule has 1 aromatic carbocycles. The summed E-state index contributed by atoms with van der Waals surface area (Å²) in [5.74, 6) is -0.290. The Hall–Kier alpha value is -1.24. The lowest BCUT2D eigenvalue weighted by Crippen LogP contribution is -2.05. The lowest BCUT2D eigenvalue weighted by atomic mass is 10.1. The molecule has 0 bridgehead atoms. The van der Waals surface area contributed by atoms with Gasteiger partial charge in [0.25, 0.3) is 0 Å². The van der Waals surface area contributed by atoms with Crippen molar-refractivity contribution in [2.45, 2.75) is 24.1 Å². The van der Waals surface area contributed by atoms with Crippen LogP contribution in [0.5, 0.6) is 0 Å². The minimum absolute atomic E-state index is 0.0201. The molecule has 1 aromatic heterocycles. The molecule has 0 aliphatic carbocycles. The van der Waals surface area contributed by atoms with E-state index in [0.717, 1.165) is 17.8 Å². The second-order valence-corrected chi connectivity index (χ2v) is 8.11. The Labute approximate surface area is 132 Å². The van der Waals surface area contributed by atoms with Gasteiger partial charge < -0.3 is 0 Å². The first-order valence-electron chi connectivity index (χ1n) is 6.44. The lowest BCUT2D eigenvalue weighted by Gasteiger charge is -1.98. The number of carbonyl (C=O) groups excluding carboxylic acids is 1. The van der Waals surface area contributed by atoms with Gasteiger partial charge in [0.1, 0.15) is 4.88 Å². The third-order valence-electron chi connectivity index (χ3n) is 2.84. The van der Waals surface area contributed by atoms with Gasteiger partial charge in [-0.1, -0.05) is 66.6 Å². The van der Waals surface area contributed by atoms with Gasteiger partial charge in [-0.15, -0.1) is 0 Å². The summed E-state index contributed by atoms with van der Waals surface area (Å²) in [6.45, 7) is 1.91. The highest BCUT2D eigenvalue weighted by atomic mass is 35.5. The summed E-state index contributed by atoms with van der Waals surface area (Å²) in [5, 5.41) is -0.0519. The number of nitrogens with zero attached hydrogens (tertiary/aromatic N) is 1. The zero-order chi connectivity index (χ0) is 15.5. The van der Waals surface area contributed by atoms with Crippen molar-refractivity contribution in [1.29, 1.82) is 0 Å². The first kappa shape index (κ1) is 16.1. The fourth-order valence-electron chi connectivity index (χ4n) is 1.70. The molecule has 0 N–H and O–H groups in total. The minimum atomic E-state index is -3.47. The van der Waals surface area contributed by atoms with Crippen LogP contribution in [0.15, 0.2) is 34.7 Å². The molecule has 0 aliphatic heterocycles. The van der Waals surface area contributed by atoms with Crippen LogP contribution in [-0.4, -0.2) is 24.9 Å². The zero-order valence-corrected chi connectivity index (χ0v) is 13.8. The molecule has 0 unspecified atom stereocenters. The highest BCUT2D eigenvalue weighted by molar-refractivity contribution is 7.93. The van der Waals surface area contributed by atoms with E-state index >= 15 is 0 Å². The summed E-state index contributed by atoms with van der Waals surface area (Å²) < 4.78 is 24.1. The molecule has 0 saturated heterocycles. The van der Waals surface area contributed by atoms with E-state index in [0.29, 0.717) is 12.0 Å². The number of carbonyl (C=O) groups is 1. The molecule has 0 saturated carbocycles. The van der Waals surface area contributed by atoms with E-state index in [1.54, 1.807) is 30.3 Å². The number of halogens is 1. The summed E-state index contributed by atoms with van der Waals surface area (Å²) in [6, 6.07) is 8.58. The predicted molar refractivity (Wildman–Crippen MR) is 84.0 cm³/mol. The number of benzene rings is 1. The highest BCUT2D eigenvalue weighted by Crippen LogP contribution is 2.29. The van der Waals surface area contributed by atoms with E-state index in [2.05, 4.69) is 4.98 Å². The number of hydrogen-bond acceptors (Lipinski definition) is 5. The molecule has 0 spiro atoms. The van der Waals surface area contributed by atoms with E-state index in [-0.39, 0.29) is 25.9 Å². The Kier molecular flexibility index (Phi) is 5.13. The number of hydrogen-bond donors (Lipinski definition) is 0. The molecule has 7 heteroatoms. The predicted octanol–water partition coefficient (Wildman–Crippen LogP) is 3.60. The molecule has 2 rings (SSSR count). The van der Waals surface area contributed by atoms with Crippen LogP contribution in [-0.2, 0) is 9.84 Å². The summed E-state index contributed by atoms with van der Waals surface area (Å²) in [6.07, 6.45) is 1.33. The van der Waals surface area contributed by atoms with Crippen molar-refractivity contribution in [3.05, 3.63) is 45.9 Å². The summed E-state index contributed by atoms with van der Waals surface area (Å²) in [7, 11) is -3.47. The molecule has 4 nitrogen and oxygen atoms in total. The molecule has 0 atom stereocenters. The van der Waals surface area contributed by atoms with Crippen LogP contribution in [0.4, 0.5) is 0 Å². The third-order valence-corrected chi connectivity index (χ3v) is 6.54. The zero-order valence-electron chi connectivity index (χ0n) is 11.4. The smallest absolute Gasteiger partial charge is 0.211 e. The molecule has 112 valence electrons. The molecular weight excluding hydrogens is 330 g/mol. The fraction of sp³-hybridized carbons (Fsp3) is 0.286. The monoisotopic (exact) mass is 343 g/mol. The highest BCUT2D eigenvalue weighted by Gasteiger charge is 2.25. The minimum Gasteiger partial charge on any atom is -0.288 e. The van der Waals surface area contributed by atoms with Gasteiger partial charge in [-0.2, -0.15) is 0 Å². The molecule has 1 heterocycles. The van der Waals surface area contributed by atoms with Crippen LogP contribution in [0.1, 0.15) is 35.0 Å². The van der Waals surface area contributed by atoms with Crippen molar-refractivity contribution in [2.75, 3.05) is 5.75 Å². The van der Waals surface area contributed by atoms with Crippen molar-refractivity contribution >= 4 is 38.6 Å². The van der Waals surface area contributed by atoms with Crippen LogP contribution < -0.4 is 0 Å². The van der Waals surface area contributed by atoms with E-state index in [9.17, 15) is 13.2 Å². The van der Waals surface area contributed by atoms with Gasteiger partial charge in [-0.3, -0.25) is 4.79 Å². The fourth-order valence-corrected chi connectivity index (χ4v) is 4.82. The lowest BCUT2D eigenvalue weighted by molar-refractivity contribution is 0.104. The molecule has 0 amide bonds. The van der Waals surface area contributed by atoms with Gasteiger partial charge >= 0.3 is 0 Å². The Bertz CT molecular complexity index is 739. The van der Waals surface area contributed by atoms with Crippen molar-refractivity contribution in [3.8, 4) is 0 Å². The Balaban J connectivity index is 2.34. The second-order valence-electron chi connectivity index (χ2n) is 4.47. The molecule has 2 aromatic rings. The van der Waals surface area contributed by atoms with E-state index in [1.165, 1.54) is 0 Å². The van der Waals surface area contributed by atoms with Gasteiger partial charge in [0.2, 0.25) is 20.0 Å². The summed E-state index contributed by atoms with van der Waals surface area (Å²) >= 11 is 6.78. The molecule has 0 aliphatic rings. The molecule has 21 heavy (non-hydrogen) atoms. The van der Waals surface area contributed by atoms with Crippen LogP contribution in [0.25, 0.3) is 0 Å². The Morgan fingerprint density at radius 3 is 2.57 bits per heavy atom. The average molecular weight is 344 g/mol. The number of rotatable bonds is 6. The van der Waals surface area contributed by atoms with Crippen molar-refractivity contribution in [3.63, 3.8) is 0 Å². The van der Waals surface area contributed by atoms with E-state index in [4.69, 9.17) is 11.6 Å². The Morgan fingerprint density at radius 1 is 1.29 bits per heavy atom. The van der Waals surface area contributed by atoms with Crippen molar-refractivity contribution in [1.82, 2.24) is 4.98 Å². The number of aromatic nitrogens is 1. The summed E-state index contributed by atoms with van der Waals surface area (Å²) in [4.78, 5) is 16.3. The van der Waals surface area contributed by atoms with Gasteiger partial charge in [-0.05, 0) is 6.42 Å². The standard InChI is InChI=1S/C14H14ClNO3S2/c1-2-3-9-21(18,19)14-16-13(15)12(20-14)11(17)10-7-5-4-6-8-10/h4-8H,2-3,9H2,1H3. The van der Waals surface area contributed by atoms with E-state index < -0.39 is 9.84 Å². The SMILES string of the molecule is CCCCS(=O)(=O)c1nc(Cl)c(C(=O)c2ccccc2)s1. The maximum atomic E-state index is 12.3. The van der Waals surface area contributed by atoms with Crippen LogP contribution in [0.2, 0.25) is 5.15 Å². The van der Waals surface area contributed by atoms with Crippen LogP contribution >= 0.6 is 22.9 Å². The largest absolute Gasteiger partial charge is 0.288 e.